The first kappa shape index (κ1) is 50.5. The quantitative estimate of drug-likeness (QED) is 0.150. The first-order valence-electron chi connectivity index (χ1n) is 26.2. The molecule has 5 fully saturated rings. The Morgan fingerprint density at radius 2 is 1.63 bits per heavy atom. The standard InChI is InChI=1S/C48H59F2N11O3.C8H6ClNO/c1-28(62)57-11-9-37-36(22-57)40(60-10-7-8-29-12-34(32-20-53-56(6)21-32)35(39(49)50)13-38(29)60)55-61(37)33-16-48(17-33)24-58(25-48)42(64)30-14-47(15-30)26-59(27-47)44-51-18-31(19-52-44)41(63)54-43-45(2,3)23-46(43,4)5;1-11-7-3-2-6(5-10)8(9)4-7/h12-13,18-21,30,33,39,43H,7-11,14-17,22-27H2,1-6H3,(H,54,63);2-4H,1H3. The molecule has 4 aliphatic heterocycles. The van der Waals surface area contributed by atoms with Gasteiger partial charge >= 0.3 is 0 Å². The molecule has 7 heterocycles. The predicted molar refractivity (Wildman–Crippen MR) is 279 cm³/mol. The Hall–Kier alpha value is -6.61. The Morgan fingerprint density at radius 1 is 0.920 bits per heavy atom. The monoisotopic (exact) mass is 1040 g/mol. The van der Waals surface area contributed by atoms with Crippen LogP contribution in [0.25, 0.3) is 11.1 Å². The normalized spacial score (nSPS) is 20.8. The SMILES string of the molecule is CC(=O)N1CCc2c(c(N3CCCc4cc(-c5cnn(C)c5)c(C(F)F)cc43)nn2C2CC3(C2)CN(C(=O)C2CC4(C2)CN(c2ncc(C(=O)NC5C(C)(C)CC5(C)C)cn2)C4)C3)C1.COc1ccc(C#N)c(Cl)c1. The van der Waals surface area contributed by atoms with E-state index in [2.05, 4.69) is 67.5 Å². The third kappa shape index (κ3) is 9.05. The number of methoxy groups -OCH3 is 1. The van der Waals surface area contributed by atoms with Crippen LogP contribution in [-0.2, 0) is 36.0 Å². The number of anilines is 3. The van der Waals surface area contributed by atoms with E-state index in [-0.39, 0.29) is 62.9 Å². The molecule has 0 bridgehead atoms. The van der Waals surface area contributed by atoms with Crippen LogP contribution in [0.1, 0.15) is 124 Å². The average molecular weight is 1040 g/mol. The average Bonchev–Trinajstić information content (AvgIpc) is 3.93. The highest BCUT2D eigenvalue weighted by Crippen LogP contribution is 2.58. The van der Waals surface area contributed by atoms with Crippen molar-refractivity contribution >= 4 is 46.8 Å². The van der Waals surface area contributed by atoms with Crippen LogP contribution in [0.4, 0.5) is 26.2 Å². The van der Waals surface area contributed by atoms with E-state index in [9.17, 15) is 23.2 Å². The van der Waals surface area contributed by atoms with E-state index in [0.29, 0.717) is 65.0 Å². The molecule has 16 nitrogen and oxygen atoms in total. The van der Waals surface area contributed by atoms with Gasteiger partial charge in [0.15, 0.2) is 5.82 Å². The van der Waals surface area contributed by atoms with Crippen molar-refractivity contribution in [3.05, 3.63) is 93.7 Å². The van der Waals surface area contributed by atoms with Crippen molar-refractivity contribution in [3.63, 3.8) is 0 Å². The second kappa shape index (κ2) is 18.6. The third-order valence-corrected chi connectivity index (χ3v) is 17.7. The number of rotatable bonds is 9. The molecule has 12 rings (SSSR count). The first-order chi connectivity index (χ1) is 35.7. The predicted octanol–water partition coefficient (Wildman–Crippen LogP) is 8.85. The summed E-state index contributed by atoms with van der Waals surface area (Å²) in [5.41, 5.74) is 6.32. The van der Waals surface area contributed by atoms with E-state index < -0.39 is 6.43 Å². The number of aryl methyl sites for hydroxylation is 2. The topological polar surface area (TPSA) is 171 Å². The molecule has 0 radical (unpaired) electrons. The Morgan fingerprint density at radius 3 is 2.24 bits per heavy atom. The lowest BCUT2D eigenvalue weighted by molar-refractivity contribution is -0.167. The van der Waals surface area contributed by atoms with Gasteiger partial charge in [0.25, 0.3) is 12.3 Å². The molecule has 19 heteroatoms. The van der Waals surface area contributed by atoms with Crippen LogP contribution in [0, 0.1) is 38.9 Å². The van der Waals surface area contributed by atoms with Crippen molar-refractivity contribution in [1.29, 1.82) is 5.26 Å². The number of nitrogens with one attached hydrogen (secondary N) is 1. The number of aromatic nitrogens is 6. The highest BCUT2D eigenvalue weighted by Gasteiger charge is 2.60. The van der Waals surface area contributed by atoms with Gasteiger partial charge in [0.1, 0.15) is 11.8 Å². The summed E-state index contributed by atoms with van der Waals surface area (Å²) in [6.45, 7) is 15.2. The number of alkyl halides is 2. The molecule has 0 atom stereocenters. The second-order valence-corrected chi connectivity index (χ2v) is 24.3. The van der Waals surface area contributed by atoms with E-state index in [1.165, 1.54) is 0 Å². The Bertz CT molecular complexity index is 3100. The van der Waals surface area contributed by atoms with E-state index in [1.807, 2.05) is 17.0 Å². The number of likely N-dealkylation sites (tertiary alicyclic amines) is 1. The number of nitrogens with zero attached hydrogens (tertiary/aromatic N) is 11. The zero-order valence-corrected chi connectivity index (χ0v) is 44.6. The van der Waals surface area contributed by atoms with Gasteiger partial charge in [-0.3, -0.25) is 23.7 Å². The van der Waals surface area contributed by atoms with Gasteiger partial charge in [-0.25, -0.2) is 18.7 Å². The van der Waals surface area contributed by atoms with Gasteiger partial charge in [-0.15, -0.1) is 0 Å². The zero-order chi connectivity index (χ0) is 52.9. The molecular formula is C56H65ClF2N12O4. The van der Waals surface area contributed by atoms with Crippen LogP contribution in [0.15, 0.2) is 55.1 Å². The maximum Gasteiger partial charge on any atom is 0.264 e. The molecule has 3 saturated carbocycles. The third-order valence-electron chi connectivity index (χ3n) is 17.4. The molecule has 394 valence electrons. The van der Waals surface area contributed by atoms with Crippen molar-refractivity contribution in [3.8, 4) is 22.9 Å². The molecule has 75 heavy (non-hydrogen) atoms. The van der Waals surface area contributed by atoms with Crippen molar-refractivity contribution in [2.75, 3.05) is 56.2 Å². The number of hydrogen-bond acceptors (Lipinski definition) is 11. The minimum absolute atomic E-state index is 0.0111. The summed E-state index contributed by atoms with van der Waals surface area (Å²) in [5.74, 6) is 2.25. The Kier molecular flexibility index (Phi) is 12.5. The van der Waals surface area contributed by atoms with Crippen LogP contribution >= 0.6 is 11.6 Å². The van der Waals surface area contributed by atoms with Gasteiger partial charge in [0.05, 0.1) is 42.0 Å². The lowest BCUT2D eigenvalue weighted by Gasteiger charge is -2.62. The fourth-order valence-corrected chi connectivity index (χ4v) is 14.4. The summed E-state index contributed by atoms with van der Waals surface area (Å²) in [7, 11) is 3.34. The molecule has 7 aliphatic rings. The number of benzene rings is 2. The Balaban J connectivity index is 0.000000489. The van der Waals surface area contributed by atoms with Crippen LogP contribution in [-0.4, -0.2) is 109 Å². The molecule has 3 aliphatic carbocycles. The smallest absolute Gasteiger partial charge is 0.264 e. The second-order valence-electron chi connectivity index (χ2n) is 23.9. The number of carbonyl (C=O) groups is 3. The highest BCUT2D eigenvalue weighted by molar-refractivity contribution is 6.31. The zero-order valence-electron chi connectivity index (χ0n) is 43.8. The number of nitriles is 1. The lowest BCUT2D eigenvalue weighted by Crippen LogP contribution is -2.68. The van der Waals surface area contributed by atoms with Crippen LogP contribution in [0.5, 0.6) is 5.75 Å². The summed E-state index contributed by atoms with van der Waals surface area (Å²) in [6.07, 6.45) is 11.0. The first-order valence-corrected chi connectivity index (χ1v) is 26.5. The summed E-state index contributed by atoms with van der Waals surface area (Å²) in [5, 5.41) is 21.7. The van der Waals surface area contributed by atoms with Gasteiger partial charge in [0, 0.05) is 135 Å². The number of hydrogen-bond donors (Lipinski definition) is 1. The van der Waals surface area contributed by atoms with Crippen molar-refractivity contribution < 1.29 is 27.9 Å². The minimum atomic E-state index is -2.66. The number of halogens is 3. The molecule has 2 saturated heterocycles. The van der Waals surface area contributed by atoms with Crippen LogP contribution < -0.4 is 19.9 Å². The van der Waals surface area contributed by atoms with Crippen LogP contribution in [0.2, 0.25) is 5.02 Å². The number of amides is 3. The van der Waals surface area contributed by atoms with Crippen LogP contribution in [0.3, 0.4) is 0 Å². The molecule has 3 amide bonds. The van der Waals surface area contributed by atoms with Crippen molar-refractivity contribution in [1.82, 2.24) is 44.6 Å². The summed E-state index contributed by atoms with van der Waals surface area (Å²) >= 11 is 5.71. The molecule has 5 aromatic rings. The van der Waals surface area contributed by atoms with E-state index in [4.69, 9.17) is 26.7 Å². The Labute approximate surface area is 441 Å². The van der Waals surface area contributed by atoms with E-state index >= 15 is 0 Å². The number of fused-ring (bicyclic) bond motifs is 2. The molecule has 2 spiro atoms. The molecule has 1 N–H and O–H groups in total. The largest absolute Gasteiger partial charge is 0.497 e. The van der Waals surface area contributed by atoms with Crippen molar-refractivity contribution in [2.45, 2.75) is 111 Å². The lowest BCUT2D eigenvalue weighted by atomic mass is 9.52. The summed E-state index contributed by atoms with van der Waals surface area (Å²) < 4.78 is 38.2. The van der Waals surface area contributed by atoms with Gasteiger partial charge in [-0.2, -0.15) is 15.5 Å². The summed E-state index contributed by atoms with van der Waals surface area (Å²) in [6, 6.07) is 10.7. The minimum Gasteiger partial charge on any atom is -0.497 e. The van der Waals surface area contributed by atoms with E-state index in [1.54, 1.807) is 74.8 Å². The summed E-state index contributed by atoms with van der Waals surface area (Å²) in [4.78, 5) is 56.7. The van der Waals surface area contributed by atoms with Gasteiger partial charge < -0.3 is 29.7 Å². The number of ether oxygens (including phenoxy) is 1. The fraction of sp³-hybridized carbons (Fsp3) is 0.536. The van der Waals surface area contributed by atoms with Gasteiger partial charge in [-0.05, 0) is 91.2 Å². The van der Waals surface area contributed by atoms with Gasteiger partial charge in [0.2, 0.25) is 17.8 Å². The van der Waals surface area contributed by atoms with E-state index in [0.717, 1.165) is 99.5 Å². The molecule has 3 aromatic heterocycles. The maximum atomic E-state index is 14.7. The number of carbonyl (C=O) groups excluding carboxylic acids is 3. The fourth-order valence-electron chi connectivity index (χ4n) is 14.2. The molecule has 2 aromatic carbocycles. The molecule has 0 unspecified atom stereocenters. The van der Waals surface area contributed by atoms with Crippen molar-refractivity contribution in [2.24, 2.45) is 34.6 Å². The highest BCUT2D eigenvalue weighted by atomic mass is 35.5. The maximum absolute atomic E-state index is 14.7. The van der Waals surface area contributed by atoms with Gasteiger partial charge in [-0.1, -0.05) is 39.3 Å². The molecular weight excluding hydrogens is 978 g/mol.